The minimum atomic E-state index is 0.0188. The molecule has 0 aliphatic rings. The molecule has 0 heterocycles. The van der Waals surface area contributed by atoms with Crippen LogP contribution >= 0.6 is 0 Å². The van der Waals surface area contributed by atoms with Crippen LogP contribution in [0.25, 0.3) is 0 Å². The second-order valence-corrected chi connectivity index (χ2v) is 11.8. The van der Waals surface area contributed by atoms with E-state index >= 15 is 0 Å². The van der Waals surface area contributed by atoms with Crippen molar-refractivity contribution in [1.29, 1.82) is 0 Å². The molecule has 0 saturated heterocycles. The van der Waals surface area contributed by atoms with Crippen molar-refractivity contribution in [2.75, 3.05) is 13.2 Å². The average molecular weight is 547 g/mol. The van der Waals surface area contributed by atoms with E-state index in [1.54, 1.807) is 0 Å². The fraction of sp³-hybridized carbons (Fsp3) is 0.833. The Morgan fingerprint density at radius 3 is 0.974 bits per heavy atom. The predicted molar refractivity (Wildman–Crippen MR) is 170 cm³/mol. The maximum absolute atomic E-state index is 9.65. The van der Waals surface area contributed by atoms with Gasteiger partial charge < -0.3 is 14.6 Å². The Morgan fingerprint density at radius 1 is 0.410 bits per heavy atom. The van der Waals surface area contributed by atoms with E-state index < -0.39 is 0 Å². The molecular formula is C36H66O3. The fourth-order valence-corrected chi connectivity index (χ4v) is 5.33. The third kappa shape index (κ3) is 23.2. The quantitative estimate of drug-likeness (QED) is 0.0975. The van der Waals surface area contributed by atoms with Crippen molar-refractivity contribution < 1.29 is 14.6 Å². The Hall–Kier alpha value is -1.22. The summed E-state index contributed by atoms with van der Waals surface area (Å²) < 4.78 is 12.0. The molecule has 0 aliphatic carbocycles. The van der Waals surface area contributed by atoms with Gasteiger partial charge in [-0.15, -0.1) is 0 Å². The number of aliphatic hydroxyl groups excluding tert-OH is 1. The zero-order valence-electron chi connectivity index (χ0n) is 26.3. The molecule has 0 radical (unpaired) electrons. The van der Waals surface area contributed by atoms with Crippen molar-refractivity contribution in [3.05, 3.63) is 23.8 Å². The first kappa shape index (κ1) is 35.8. The van der Waals surface area contributed by atoms with Gasteiger partial charge in [-0.25, -0.2) is 0 Å². The Balaban J connectivity index is 2.02. The minimum Gasteiger partial charge on any atom is -0.493 e. The zero-order valence-corrected chi connectivity index (χ0v) is 26.3. The van der Waals surface area contributed by atoms with Crippen molar-refractivity contribution >= 4 is 0 Å². The second kappa shape index (κ2) is 28.3. The van der Waals surface area contributed by atoms with Crippen LogP contribution in [-0.2, 0) is 6.61 Å². The Kier molecular flexibility index (Phi) is 26.0. The van der Waals surface area contributed by atoms with Crippen molar-refractivity contribution in [2.24, 2.45) is 0 Å². The highest BCUT2D eigenvalue weighted by molar-refractivity contribution is 5.38. The van der Waals surface area contributed by atoms with Gasteiger partial charge in [0.15, 0.2) is 0 Å². The van der Waals surface area contributed by atoms with Crippen molar-refractivity contribution in [3.63, 3.8) is 0 Å². The fourth-order valence-electron chi connectivity index (χ4n) is 5.33. The van der Waals surface area contributed by atoms with Gasteiger partial charge in [-0.2, -0.15) is 0 Å². The van der Waals surface area contributed by atoms with E-state index in [1.807, 2.05) is 18.2 Å². The van der Waals surface area contributed by atoms with E-state index in [1.165, 1.54) is 148 Å². The van der Waals surface area contributed by atoms with E-state index in [2.05, 4.69) is 13.8 Å². The van der Waals surface area contributed by atoms with Crippen molar-refractivity contribution in [1.82, 2.24) is 0 Å². The molecule has 1 aromatic rings. The number of unbranched alkanes of at least 4 members (excludes halogenated alkanes) is 23. The van der Waals surface area contributed by atoms with Gasteiger partial charge in [0, 0.05) is 6.07 Å². The third-order valence-electron chi connectivity index (χ3n) is 7.91. The number of hydrogen-bond donors (Lipinski definition) is 1. The van der Waals surface area contributed by atoms with Crippen LogP contribution in [0, 0.1) is 0 Å². The SMILES string of the molecule is CCCCCCCCCCCCCCCOc1cc(CO)cc(OCCCCCCCCCCCCCC)c1. The van der Waals surface area contributed by atoms with Gasteiger partial charge in [-0.3, -0.25) is 0 Å². The summed E-state index contributed by atoms with van der Waals surface area (Å²) in [4.78, 5) is 0. The molecule has 0 unspecified atom stereocenters. The molecule has 0 spiro atoms. The highest BCUT2D eigenvalue weighted by atomic mass is 16.5. The van der Waals surface area contributed by atoms with Crippen molar-refractivity contribution in [3.8, 4) is 11.5 Å². The van der Waals surface area contributed by atoms with E-state index in [9.17, 15) is 5.11 Å². The van der Waals surface area contributed by atoms with Gasteiger partial charge >= 0.3 is 0 Å². The molecule has 0 saturated carbocycles. The molecule has 3 heteroatoms. The second-order valence-electron chi connectivity index (χ2n) is 11.8. The molecule has 1 N–H and O–H groups in total. The van der Waals surface area contributed by atoms with E-state index in [-0.39, 0.29) is 6.61 Å². The average Bonchev–Trinajstić information content (AvgIpc) is 2.95. The first-order valence-electron chi connectivity index (χ1n) is 17.3. The molecule has 0 aliphatic heterocycles. The van der Waals surface area contributed by atoms with Crippen LogP contribution in [0.1, 0.15) is 180 Å². The molecule has 0 fully saturated rings. The normalized spacial score (nSPS) is 11.3. The lowest BCUT2D eigenvalue weighted by Gasteiger charge is -2.12. The van der Waals surface area contributed by atoms with Gasteiger partial charge in [-0.1, -0.05) is 162 Å². The van der Waals surface area contributed by atoms with E-state index in [0.29, 0.717) is 0 Å². The summed E-state index contributed by atoms with van der Waals surface area (Å²) in [5.74, 6) is 1.65. The van der Waals surface area contributed by atoms with Crippen molar-refractivity contribution in [2.45, 2.75) is 181 Å². The molecule has 3 nitrogen and oxygen atoms in total. The van der Waals surface area contributed by atoms with Gasteiger partial charge in [0.25, 0.3) is 0 Å². The zero-order chi connectivity index (χ0) is 28.1. The number of ether oxygens (including phenoxy) is 2. The molecule has 1 rings (SSSR count). The molecule has 228 valence electrons. The van der Waals surface area contributed by atoms with Gasteiger partial charge in [0.2, 0.25) is 0 Å². The lowest BCUT2D eigenvalue weighted by Crippen LogP contribution is -2.01. The molecule has 1 aromatic carbocycles. The Bertz CT molecular complexity index is 630. The number of aliphatic hydroxyl groups is 1. The largest absolute Gasteiger partial charge is 0.493 e. The summed E-state index contributed by atoms with van der Waals surface area (Å²) in [5.41, 5.74) is 0.863. The van der Waals surface area contributed by atoms with Crippen LogP contribution in [0.3, 0.4) is 0 Å². The van der Waals surface area contributed by atoms with Crippen LogP contribution in [-0.4, -0.2) is 18.3 Å². The first-order chi connectivity index (χ1) is 19.3. The smallest absolute Gasteiger partial charge is 0.123 e. The first-order valence-corrected chi connectivity index (χ1v) is 17.3. The highest BCUT2D eigenvalue weighted by Gasteiger charge is 2.04. The molecule has 39 heavy (non-hydrogen) atoms. The molecular weight excluding hydrogens is 480 g/mol. The summed E-state index contributed by atoms with van der Waals surface area (Å²) in [6, 6.07) is 5.87. The molecule has 0 atom stereocenters. The van der Waals surface area contributed by atoms with Gasteiger partial charge in [0.05, 0.1) is 19.8 Å². The van der Waals surface area contributed by atoms with Gasteiger partial charge in [-0.05, 0) is 30.5 Å². The summed E-state index contributed by atoms with van der Waals surface area (Å²) in [5, 5.41) is 9.65. The van der Waals surface area contributed by atoms with Crippen LogP contribution in [0.4, 0.5) is 0 Å². The summed E-state index contributed by atoms with van der Waals surface area (Å²) in [6.07, 6.45) is 33.9. The summed E-state index contributed by atoms with van der Waals surface area (Å²) in [7, 11) is 0. The summed E-state index contributed by atoms with van der Waals surface area (Å²) in [6.45, 7) is 6.07. The van der Waals surface area contributed by atoms with Crippen LogP contribution in [0.5, 0.6) is 11.5 Å². The number of benzene rings is 1. The molecule has 0 aromatic heterocycles. The van der Waals surface area contributed by atoms with Crippen LogP contribution in [0.15, 0.2) is 18.2 Å². The van der Waals surface area contributed by atoms with Gasteiger partial charge in [0.1, 0.15) is 11.5 Å². The lowest BCUT2D eigenvalue weighted by atomic mass is 10.0. The molecule has 0 amide bonds. The van der Waals surface area contributed by atoms with Crippen LogP contribution < -0.4 is 9.47 Å². The highest BCUT2D eigenvalue weighted by Crippen LogP contribution is 2.24. The topological polar surface area (TPSA) is 38.7 Å². The van der Waals surface area contributed by atoms with E-state index in [0.717, 1.165) is 43.1 Å². The van der Waals surface area contributed by atoms with Crippen LogP contribution in [0.2, 0.25) is 0 Å². The Labute approximate surface area is 243 Å². The van der Waals surface area contributed by atoms with E-state index in [4.69, 9.17) is 9.47 Å². The monoisotopic (exact) mass is 547 g/mol. The Morgan fingerprint density at radius 2 is 0.692 bits per heavy atom. The lowest BCUT2D eigenvalue weighted by molar-refractivity contribution is 0.271. The maximum atomic E-state index is 9.65. The number of rotatable bonds is 30. The standard InChI is InChI=1S/C36H66O3/c1-3-5-7-9-11-13-15-17-19-21-23-25-27-29-39-36-31-34(33-37)30-35(32-36)38-28-26-24-22-20-18-16-14-12-10-8-6-4-2/h30-32,37H,3-29,33H2,1-2H3. The predicted octanol–water partition coefficient (Wildman–Crippen LogP) is 11.7. The summed E-state index contributed by atoms with van der Waals surface area (Å²) >= 11 is 0. The number of hydrogen-bond acceptors (Lipinski definition) is 3. The molecule has 0 bridgehead atoms. The minimum absolute atomic E-state index is 0.0188. The third-order valence-corrected chi connectivity index (χ3v) is 7.91. The maximum Gasteiger partial charge on any atom is 0.123 e.